The summed E-state index contributed by atoms with van der Waals surface area (Å²) < 4.78 is 1.68. The summed E-state index contributed by atoms with van der Waals surface area (Å²) >= 11 is 0. The summed E-state index contributed by atoms with van der Waals surface area (Å²) in [6.45, 7) is 0. The van der Waals surface area contributed by atoms with Crippen LogP contribution in [-0.4, -0.2) is 14.8 Å². The van der Waals surface area contributed by atoms with Crippen molar-refractivity contribution in [2.75, 3.05) is 11.1 Å². The van der Waals surface area contributed by atoms with Crippen LogP contribution in [0.2, 0.25) is 0 Å². The molecule has 3 rings (SSSR count). The van der Waals surface area contributed by atoms with Gasteiger partial charge in [0.2, 0.25) is 0 Å². The van der Waals surface area contributed by atoms with E-state index in [-0.39, 0.29) is 0 Å². The van der Waals surface area contributed by atoms with Crippen LogP contribution in [-0.2, 0) is 7.05 Å². The van der Waals surface area contributed by atoms with Gasteiger partial charge in [0.25, 0.3) is 0 Å². The monoisotopic (exact) mass is 239 g/mol. The van der Waals surface area contributed by atoms with Crippen molar-refractivity contribution in [1.29, 1.82) is 0 Å². The van der Waals surface area contributed by atoms with E-state index in [4.69, 9.17) is 5.73 Å². The van der Waals surface area contributed by atoms with E-state index < -0.39 is 0 Å². The second-order valence-electron chi connectivity index (χ2n) is 4.13. The van der Waals surface area contributed by atoms with E-state index in [1.807, 2.05) is 37.5 Å². The first-order chi connectivity index (χ1) is 8.74. The van der Waals surface area contributed by atoms with Crippen molar-refractivity contribution < 1.29 is 0 Å². The van der Waals surface area contributed by atoms with Crippen LogP contribution < -0.4 is 11.1 Å². The number of rotatable bonds is 2. The number of nitrogens with two attached hydrogens (primary N) is 1. The minimum absolute atomic E-state index is 0.628. The molecule has 5 nitrogen and oxygen atoms in total. The van der Waals surface area contributed by atoms with Gasteiger partial charge < -0.3 is 11.1 Å². The lowest BCUT2D eigenvalue weighted by molar-refractivity contribution is 0.771. The second-order valence-corrected chi connectivity index (χ2v) is 4.13. The smallest absolute Gasteiger partial charge is 0.175 e. The number of nitrogens with zero attached hydrogens (tertiary/aromatic N) is 3. The lowest BCUT2D eigenvalue weighted by Crippen LogP contribution is -1.96. The van der Waals surface area contributed by atoms with Crippen molar-refractivity contribution >= 4 is 28.0 Å². The fourth-order valence-corrected chi connectivity index (χ4v) is 1.96. The molecule has 0 aliphatic carbocycles. The molecule has 0 radical (unpaired) electrons. The number of pyridine rings is 1. The zero-order valence-corrected chi connectivity index (χ0v) is 9.96. The molecule has 0 bridgehead atoms. The second kappa shape index (κ2) is 4.03. The molecule has 0 unspecified atom stereocenters. The van der Waals surface area contributed by atoms with Crippen LogP contribution >= 0.6 is 0 Å². The van der Waals surface area contributed by atoms with Gasteiger partial charge in [0.1, 0.15) is 0 Å². The Bertz CT molecular complexity index is 696. The molecule has 5 heteroatoms. The summed E-state index contributed by atoms with van der Waals surface area (Å²) in [6, 6.07) is 7.97. The maximum atomic E-state index is 5.88. The summed E-state index contributed by atoms with van der Waals surface area (Å²) in [4.78, 5) is 4.11. The number of aromatic nitrogens is 3. The van der Waals surface area contributed by atoms with Gasteiger partial charge in [0.15, 0.2) is 5.82 Å². The van der Waals surface area contributed by atoms with Gasteiger partial charge in [-0.2, -0.15) is 5.10 Å². The Kier molecular flexibility index (Phi) is 2.37. The Morgan fingerprint density at radius 1 is 1.28 bits per heavy atom. The third-order valence-corrected chi connectivity index (χ3v) is 2.79. The summed E-state index contributed by atoms with van der Waals surface area (Å²) in [5.41, 5.74) is 7.48. The summed E-state index contributed by atoms with van der Waals surface area (Å²) in [6.07, 6.45) is 5.38. The van der Waals surface area contributed by atoms with Crippen LogP contribution in [0.15, 0.2) is 42.9 Å². The molecule has 18 heavy (non-hydrogen) atoms. The molecule has 0 fully saturated rings. The summed E-state index contributed by atoms with van der Waals surface area (Å²) in [5.74, 6) is 0.668. The minimum atomic E-state index is 0.628. The predicted octanol–water partition coefficient (Wildman–Crippen LogP) is 2.29. The number of anilines is 3. The number of fused-ring (bicyclic) bond motifs is 1. The Balaban J connectivity index is 2.07. The molecule has 2 aromatic heterocycles. The van der Waals surface area contributed by atoms with Gasteiger partial charge >= 0.3 is 0 Å². The number of aryl methyl sites for hydroxylation is 1. The van der Waals surface area contributed by atoms with Crippen LogP contribution in [0.25, 0.3) is 10.8 Å². The van der Waals surface area contributed by atoms with Crippen molar-refractivity contribution in [2.45, 2.75) is 0 Å². The van der Waals surface area contributed by atoms with Gasteiger partial charge in [0, 0.05) is 42.1 Å². The Morgan fingerprint density at radius 3 is 2.94 bits per heavy atom. The number of nitrogens with one attached hydrogen (secondary N) is 1. The molecular formula is C13H13N5. The largest absolute Gasteiger partial charge is 0.394 e. The van der Waals surface area contributed by atoms with Gasteiger partial charge in [-0.1, -0.05) is 12.1 Å². The number of benzene rings is 1. The van der Waals surface area contributed by atoms with E-state index in [1.165, 1.54) is 0 Å². The topological polar surface area (TPSA) is 68.8 Å². The lowest BCUT2D eigenvalue weighted by Gasteiger charge is -2.07. The molecule has 0 saturated heterocycles. The van der Waals surface area contributed by atoms with Crippen LogP contribution in [0, 0.1) is 0 Å². The Labute approximate surface area is 104 Å². The average molecular weight is 239 g/mol. The third kappa shape index (κ3) is 1.75. The van der Waals surface area contributed by atoms with Crippen LogP contribution in [0.1, 0.15) is 0 Å². The molecule has 2 heterocycles. The number of nitrogen functional groups attached to an aromatic ring is 1. The molecule has 0 aliphatic heterocycles. The lowest BCUT2D eigenvalue weighted by atomic mass is 10.1. The Hall–Kier alpha value is -2.56. The normalized spacial score (nSPS) is 10.7. The minimum Gasteiger partial charge on any atom is -0.394 e. The van der Waals surface area contributed by atoms with Crippen molar-refractivity contribution in [3.8, 4) is 0 Å². The molecule has 3 aromatic rings. The van der Waals surface area contributed by atoms with Crippen LogP contribution in [0.4, 0.5) is 17.2 Å². The fourth-order valence-electron chi connectivity index (χ4n) is 1.96. The molecule has 1 aromatic carbocycles. The molecule has 0 spiro atoms. The van der Waals surface area contributed by atoms with Gasteiger partial charge in [-0.25, -0.2) is 0 Å². The van der Waals surface area contributed by atoms with E-state index in [0.717, 1.165) is 16.5 Å². The first-order valence-electron chi connectivity index (χ1n) is 5.63. The van der Waals surface area contributed by atoms with E-state index >= 15 is 0 Å². The standard InChI is InChI=1S/C13H13N5/c1-18-8-11(14)13(17-18)16-12-4-2-3-9-7-15-6-5-10(9)12/h2-8H,14H2,1H3,(H,16,17). The average Bonchev–Trinajstić information content (AvgIpc) is 2.68. The number of hydrogen-bond donors (Lipinski definition) is 2. The zero-order valence-electron chi connectivity index (χ0n) is 9.96. The fraction of sp³-hybridized carbons (Fsp3) is 0.0769. The van der Waals surface area contributed by atoms with E-state index in [9.17, 15) is 0 Å². The molecule has 0 aliphatic rings. The van der Waals surface area contributed by atoms with Gasteiger partial charge in [0.05, 0.1) is 5.69 Å². The molecule has 0 saturated carbocycles. The zero-order chi connectivity index (χ0) is 12.5. The highest BCUT2D eigenvalue weighted by Gasteiger charge is 2.06. The Morgan fingerprint density at radius 2 is 2.17 bits per heavy atom. The molecular weight excluding hydrogens is 226 g/mol. The molecule has 0 amide bonds. The summed E-state index contributed by atoms with van der Waals surface area (Å²) in [5, 5.41) is 9.70. The molecule has 90 valence electrons. The highest BCUT2D eigenvalue weighted by atomic mass is 15.3. The number of hydrogen-bond acceptors (Lipinski definition) is 4. The first-order valence-corrected chi connectivity index (χ1v) is 5.63. The van der Waals surface area contributed by atoms with Gasteiger partial charge in [-0.15, -0.1) is 0 Å². The summed E-state index contributed by atoms with van der Waals surface area (Å²) in [7, 11) is 1.84. The van der Waals surface area contributed by atoms with Gasteiger partial charge in [-0.05, 0) is 12.1 Å². The van der Waals surface area contributed by atoms with Crippen molar-refractivity contribution in [3.05, 3.63) is 42.9 Å². The van der Waals surface area contributed by atoms with E-state index in [1.54, 1.807) is 17.1 Å². The maximum Gasteiger partial charge on any atom is 0.175 e. The van der Waals surface area contributed by atoms with Gasteiger partial charge in [-0.3, -0.25) is 9.67 Å². The SMILES string of the molecule is Cn1cc(N)c(Nc2cccc3cnccc23)n1. The van der Waals surface area contributed by atoms with Crippen LogP contribution in [0.3, 0.4) is 0 Å². The van der Waals surface area contributed by atoms with E-state index in [2.05, 4.69) is 15.4 Å². The highest BCUT2D eigenvalue weighted by molar-refractivity contribution is 5.95. The molecule has 3 N–H and O–H groups in total. The first kappa shape index (κ1) is 10.6. The highest BCUT2D eigenvalue weighted by Crippen LogP contribution is 2.27. The predicted molar refractivity (Wildman–Crippen MR) is 72.6 cm³/mol. The van der Waals surface area contributed by atoms with Crippen molar-refractivity contribution in [3.63, 3.8) is 0 Å². The molecule has 0 atom stereocenters. The van der Waals surface area contributed by atoms with Crippen molar-refractivity contribution in [1.82, 2.24) is 14.8 Å². The van der Waals surface area contributed by atoms with Crippen LogP contribution in [0.5, 0.6) is 0 Å². The van der Waals surface area contributed by atoms with E-state index in [0.29, 0.717) is 11.5 Å². The van der Waals surface area contributed by atoms with Crippen molar-refractivity contribution in [2.24, 2.45) is 7.05 Å². The third-order valence-electron chi connectivity index (χ3n) is 2.79. The maximum absolute atomic E-state index is 5.88. The quantitative estimate of drug-likeness (QED) is 0.720.